The van der Waals surface area contributed by atoms with Gasteiger partial charge in [0, 0.05) is 37.1 Å². The summed E-state index contributed by atoms with van der Waals surface area (Å²) >= 11 is 0. The maximum Gasteiger partial charge on any atom is 0.305 e. The van der Waals surface area contributed by atoms with Gasteiger partial charge in [0.15, 0.2) is 0 Å². The topological polar surface area (TPSA) is 53.4 Å². The summed E-state index contributed by atoms with van der Waals surface area (Å²) in [6, 6.07) is 15.7. The molecule has 0 atom stereocenters. The number of carbonyl (C=O) groups is 1. The van der Waals surface area contributed by atoms with E-state index in [1.54, 1.807) is 6.20 Å². The van der Waals surface area contributed by atoms with Gasteiger partial charge in [-0.3, -0.25) is 9.78 Å². The Labute approximate surface area is 118 Å². The molecule has 0 aliphatic carbocycles. The van der Waals surface area contributed by atoms with Crippen LogP contribution >= 0.6 is 0 Å². The minimum atomic E-state index is -0.774. The second-order valence-electron chi connectivity index (χ2n) is 4.54. The number of pyridine rings is 1. The molecule has 0 aliphatic heterocycles. The molecular weight excluding hydrogens is 252 g/mol. The first kappa shape index (κ1) is 14.1. The van der Waals surface area contributed by atoms with Gasteiger partial charge in [-0.05, 0) is 24.3 Å². The maximum absolute atomic E-state index is 10.8. The van der Waals surface area contributed by atoms with Gasteiger partial charge in [0.1, 0.15) is 0 Å². The lowest BCUT2D eigenvalue weighted by atomic mass is 10.2. The average Bonchev–Trinajstić information content (AvgIpc) is 2.49. The summed E-state index contributed by atoms with van der Waals surface area (Å²) in [6.07, 6.45) is 2.71. The van der Waals surface area contributed by atoms with E-state index in [0.29, 0.717) is 6.54 Å². The fourth-order valence-corrected chi connectivity index (χ4v) is 2.03. The predicted octanol–water partition coefficient (Wildman–Crippen LogP) is 2.61. The molecule has 1 N–H and O–H groups in total. The molecule has 2 rings (SSSR count). The van der Waals surface area contributed by atoms with Crippen LogP contribution in [-0.2, 0) is 11.2 Å². The zero-order valence-electron chi connectivity index (χ0n) is 11.3. The lowest BCUT2D eigenvalue weighted by Crippen LogP contribution is -2.28. The molecular formula is C16H18N2O2. The van der Waals surface area contributed by atoms with Crippen LogP contribution in [0.1, 0.15) is 12.1 Å². The minimum Gasteiger partial charge on any atom is -0.481 e. The summed E-state index contributed by atoms with van der Waals surface area (Å²) in [6.45, 7) is 1.26. The van der Waals surface area contributed by atoms with Crippen molar-refractivity contribution in [1.29, 1.82) is 0 Å². The van der Waals surface area contributed by atoms with Gasteiger partial charge in [-0.2, -0.15) is 0 Å². The standard InChI is InChI=1S/C16H18N2O2/c19-16(20)10-13-18(15-7-2-1-3-8-15)12-9-14-6-4-5-11-17-14/h1-8,11H,9-10,12-13H2,(H,19,20). The fraction of sp³-hybridized carbons (Fsp3) is 0.250. The third-order valence-electron chi connectivity index (χ3n) is 3.08. The molecule has 0 bridgehead atoms. The second kappa shape index (κ2) is 7.28. The van der Waals surface area contributed by atoms with Gasteiger partial charge in [0.05, 0.1) is 6.42 Å². The highest BCUT2D eigenvalue weighted by molar-refractivity contribution is 5.67. The van der Waals surface area contributed by atoms with E-state index in [0.717, 1.165) is 24.3 Å². The number of aliphatic carboxylic acids is 1. The predicted molar refractivity (Wildman–Crippen MR) is 78.8 cm³/mol. The molecule has 104 valence electrons. The number of para-hydroxylation sites is 1. The molecule has 0 aliphatic rings. The third kappa shape index (κ3) is 4.39. The van der Waals surface area contributed by atoms with E-state index in [1.807, 2.05) is 48.5 Å². The summed E-state index contributed by atoms with van der Waals surface area (Å²) in [7, 11) is 0. The van der Waals surface area contributed by atoms with Crippen LogP contribution in [0.15, 0.2) is 54.7 Å². The molecule has 0 saturated carbocycles. The molecule has 2 aromatic rings. The van der Waals surface area contributed by atoms with Gasteiger partial charge in [-0.1, -0.05) is 24.3 Å². The molecule has 0 fully saturated rings. The Morgan fingerprint density at radius 3 is 2.45 bits per heavy atom. The summed E-state index contributed by atoms with van der Waals surface area (Å²) < 4.78 is 0. The first-order chi connectivity index (χ1) is 9.75. The van der Waals surface area contributed by atoms with Crippen molar-refractivity contribution in [3.8, 4) is 0 Å². The van der Waals surface area contributed by atoms with E-state index < -0.39 is 5.97 Å². The Kier molecular flexibility index (Phi) is 5.12. The highest BCUT2D eigenvalue weighted by Gasteiger charge is 2.08. The Morgan fingerprint density at radius 1 is 1.05 bits per heavy atom. The van der Waals surface area contributed by atoms with Crippen molar-refractivity contribution < 1.29 is 9.90 Å². The van der Waals surface area contributed by atoms with E-state index >= 15 is 0 Å². The largest absolute Gasteiger partial charge is 0.481 e. The highest BCUT2D eigenvalue weighted by Crippen LogP contribution is 2.14. The summed E-state index contributed by atoms with van der Waals surface area (Å²) in [5.74, 6) is -0.774. The summed E-state index contributed by atoms with van der Waals surface area (Å²) in [5.41, 5.74) is 2.06. The van der Waals surface area contributed by atoms with Crippen molar-refractivity contribution in [2.45, 2.75) is 12.8 Å². The Morgan fingerprint density at radius 2 is 1.80 bits per heavy atom. The number of carboxylic acids is 1. The number of anilines is 1. The number of rotatable bonds is 7. The highest BCUT2D eigenvalue weighted by atomic mass is 16.4. The van der Waals surface area contributed by atoms with Gasteiger partial charge in [0.2, 0.25) is 0 Å². The maximum atomic E-state index is 10.8. The lowest BCUT2D eigenvalue weighted by Gasteiger charge is -2.24. The molecule has 0 spiro atoms. The molecule has 4 nitrogen and oxygen atoms in total. The van der Waals surface area contributed by atoms with Gasteiger partial charge >= 0.3 is 5.97 Å². The molecule has 1 aromatic carbocycles. The van der Waals surface area contributed by atoms with E-state index in [1.165, 1.54) is 0 Å². The second-order valence-corrected chi connectivity index (χ2v) is 4.54. The first-order valence-electron chi connectivity index (χ1n) is 6.67. The van der Waals surface area contributed by atoms with Crippen molar-refractivity contribution >= 4 is 11.7 Å². The smallest absolute Gasteiger partial charge is 0.305 e. The first-order valence-corrected chi connectivity index (χ1v) is 6.67. The zero-order chi connectivity index (χ0) is 14.2. The van der Waals surface area contributed by atoms with Crippen LogP contribution in [0.2, 0.25) is 0 Å². The number of hydrogen-bond acceptors (Lipinski definition) is 3. The zero-order valence-corrected chi connectivity index (χ0v) is 11.3. The summed E-state index contributed by atoms with van der Waals surface area (Å²) in [4.78, 5) is 17.2. The number of nitrogens with zero attached hydrogens (tertiary/aromatic N) is 2. The molecule has 0 saturated heterocycles. The molecule has 4 heteroatoms. The molecule has 1 aromatic heterocycles. The van der Waals surface area contributed by atoms with Crippen LogP contribution in [0.4, 0.5) is 5.69 Å². The quantitative estimate of drug-likeness (QED) is 0.840. The van der Waals surface area contributed by atoms with Crippen LogP contribution in [0, 0.1) is 0 Å². The van der Waals surface area contributed by atoms with Crippen LogP contribution in [0.3, 0.4) is 0 Å². The lowest BCUT2D eigenvalue weighted by molar-refractivity contribution is -0.136. The molecule has 0 amide bonds. The van der Waals surface area contributed by atoms with Crippen molar-refractivity contribution in [1.82, 2.24) is 4.98 Å². The van der Waals surface area contributed by atoms with Crippen molar-refractivity contribution in [2.75, 3.05) is 18.0 Å². The van der Waals surface area contributed by atoms with Crippen LogP contribution in [-0.4, -0.2) is 29.1 Å². The number of hydrogen-bond donors (Lipinski definition) is 1. The molecule has 0 radical (unpaired) electrons. The SMILES string of the molecule is O=C(O)CCN(CCc1ccccn1)c1ccccc1. The fourth-order valence-electron chi connectivity index (χ4n) is 2.03. The van der Waals surface area contributed by atoms with E-state index in [2.05, 4.69) is 9.88 Å². The van der Waals surface area contributed by atoms with Gasteiger partial charge in [-0.15, -0.1) is 0 Å². The van der Waals surface area contributed by atoms with Crippen molar-refractivity contribution in [2.24, 2.45) is 0 Å². The summed E-state index contributed by atoms with van der Waals surface area (Å²) in [5, 5.41) is 8.86. The normalized spacial score (nSPS) is 10.2. The van der Waals surface area contributed by atoms with Crippen molar-refractivity contribution in [3.63, 3.8) is 0 Å². The Bertz CT molecular complexity index is 529. The number of aromatic nitrogens is 1. The van der Waals surface area contributed by atoms with Gasteiger partial charge < -0.3 is 10.0 Å². The minimum absolute atomic E-state index is 0.136. The Balaban J connectivity index is 2.01. The Hall–Kier alpha value is -2.36. The monoisotopic (exact) mass is 270 g/mol. The van der Waals surface area contributed by atoms with E-state index in [9.17, 15) is 4.79 Å². The van der Waals surface area contributed by atoms with E-state index in [4.69, 9.17) is 5.11 Å². The van der Waals surface area contributed by atoms with Crippen molar-refractivity contribution in [3.05, 3.63) is 60.4 Å². The van der Waals surface area contributed by atoms with Gasteiger partial charge in [0.25, 0.3) is 0 Å². The average molecular weight is 270 g/mol. The van der Waals surface area contributed by atoms with Crippen LogP contribution in [0.25, 0.3) is 0 Å². The van der Waals surface area contributed by atoms with Crippen LogP contribution < -0.4 is 4.90 Å². The number of benzene rings is 1. The third-order valence-corrected chi connectivity index (χ3v) is 3.08. The van der Waals surface area contributed by atoms with E-state index in [-0.39, 0.29) is 6.42 Å². The molecule has 20 heavy (non-hydrogen) atoms. The molecule has 1 heterocycles. The van der Waals surface area contributed by atoms with Gasteiger partial charge in [-0.25, -0.2) is 0 Å². The number of carboxylic acid groups (broad SMARTS) is 1. The van der Waals surface area contributed by atoms with Crippen LogP contribution in [0.5, 0.6) is 0 Å². The molecule has 0 unspecified atom stereocenters.